The van der Waals surface area contributed by atoms with Crippen molar-refractivity contribution >= 4 is 35.1 Å². The van der Waals surface area contributed by atoms with Gasteiger partial charge in [-0.05, 0) is 68.5 Å². The molecule has 0 radical (unpaired) electrons. The van der Waals surface area contributed by atoms with E-state index in [4.69, 9.17) is 9.47 Å². The zero-order valence-electron chi connectivity index (χ0n) is 20.5. The van der Waals surface area contributed by atoms with Crippen LogP contribution >= 0.6 is 0 Å². The quantitative estimate of drug-likeness (QED) is 0.346. The molecule has 2 aliphatic heterocycles. The molecule has 36 heavy (non-hydrogen) atoms. The van der Waals surface area contributed by atoms with Crippen LogP contribution in [-0.2, 0) is 19.2 Å². The van der Waals surface area contributed by atoms with Crippen LogP contribution in [0.15, 0.2) is 48.5 Å². The molecule has 2 heterocycles. The summed E-state index contributed by atoms with van der Waals surface area (Å²) in [6.07, 6.45) is 2.50. The number of carbonyl (C=O) groups is 4. The van der Waals surface area contributed by atoms with Gasteiger partial charge in [0.05, 0.1) is 35.7 Å². The van der Waals surface area contributed by atoms with E-state index in [-0.39, 0.29) is 42.5 Å². The van der Waals surface area contributed by atoms with Gasteiger partial charge in [-0.2, -0.15) is 0 Å². The van der Waals surface area contributed by atoms with E-state index in [2.05, 4.69) is 6.92 Å². The number of anilines is 2. The first kappa shape index (κ1) is 24.0. The molecule has 0 N–H and O–H groups in total. The molecule has 1 aliphatic carbocycles. The van der Waals surface area contributed by atoms with Gasteiger partial charge >= 0.3 is 5.97 Å². The predicted octanol–water partition coefficient (Wildman–Crippen LogP) is 3.97. The highest BCUT2D eigenvalue weighted by Gasteiger charge is 2.50. The normalized spacial score (nSPS) is 25.8. The first-order chi connectivity index (χ1) is 17.4. The molecule has 188 valence electrons. The molecule has 8 heteroatoms. The van der Waals surface area contributed by atoms with E-state index in [0.29, 0.717) is 35.4 Å². The summed E-state index contributed by atoms with van der Waals surface area (Å²) in [4.78, 5) is 54.2. The fraction of sp³-hybridized carbons (Fsp3) is 0.429. The van der Waals surface area contributed by atoms with Gasteiger partial charge in [-0.1, -0.05) is 19.1 Å². The van der Waals surface area contributed by atoms with Crippen molar-refractivity contribution in [3.8, 4) is 11.5 Å². The van der Waals surface area contributed by atoms with Gasteiger partial charge < -0.3 is 14.4 Å². The largest absolute Gasteiger partial charge is 0.492 e. The van der Waals surface area contributed by atoms with Gasteiger partial charge in [-0.15, -0.1) is 0 Å². The number of para-hydroxylation sites is 2. The maximum Gasteiger partial charge on any atom is 0.316 e. The molecule has 0 spiro atoms. The van der Waals surface area contributed by atoms with Crippen LogP contribution in [-0.4, -0.2) is 36.8 Å². The molecule has 0 aromatic heterocycles. The highest BCUT2D eigenvalue weighted by atomic mass is 16.5. The smallest absolute Gasteiger partial charge is 0.316 e. The molecule has 0 unspecified atom stereocenters. The molecule has 3 amide bonds. The lowest BCUT2D eigenvalue weighted by molar-refractivity contribution is -0.139. The lowest BCUT2D eigenvalue weighted by atomic mass is 9.76. The standard InChI is InChI=1S/C28H30N2O6/c1-3-35-24-7-5-4-6-23(24)29-16-18(15-25(29)31)28(34)36-20-11-9-19(10-12-20)30-26(32)21-13-8-17(2)14-22(21)27(30)33/h4-7,9-12,17-18,21-22H,3,8,13-16H2,1-2H3/t17-,18+,21+,22+/m0/s1. The second kappa shape index (κ2) is 9.76. The first-order valence-corrected chi connectivity index (χ1v) is 12.6. The number of hydrogen-bond acceptors (Lipinski definition) is 6. The molecule has 2 saturated heterocycles. The van der Waals surface area contributed by atoms with Crippen molar-refractivity contribution in [1.29, 1.82) is 0 Å². The lowest BCUT2D eigenvalue weighted by Gasteiger charge is -2.25. The van der Waals surface area contributed by atoms with Crippen LogP contribution in [0, 0.1) is 23.7 Å². The van der Waals surface area contributed by atoms with E-state index in [9.17, 15) is 19.2 Å². The molecule has 3 aliphatic rings. The number of rotatable bonds is 6. The van der Waals surface area contributed by atoms with Crippen molar-refractivity contribution in [2.24, 2.45) is 23.7 Å². The summed E-state index contributed by atoms with van der Waals surface area (Å²) in [6.45, 7) is 4.67. The third kappa shape index (κ3) is 4.36. The van der Waals surface area contributed by atoms with Crippen LogP contribution in [0.3, 0.4) is 0 Å². The minimum Gasteiger partial charge on any atom is -0.492 e. The summed E-state index contributed by atoms with van der Waals surface area (Å²) in [5.74, 6) is -0.697. The number of fused-ring (bicyclic) bond motifs is 1. The van der Waals surface area contributed by atoms with Crippen LogP contribution in [0.4, 0.5) is 11.4 Å². The number of benzene rings is 2. The number of amides is 3. The number of hydrogen-bond donors (Lipinski definition) is 0. The molecular formula is C28H30N2O6. The fourth-order valence-electron chi connectivity index (χ4n) is 5.56. The highest BCUT2D eigenvalue weighted by Crippen LogP contribution is 2.42. The predicted molar refractivity (Wildman–Crippen MR) is 133 cm³/mol. The number of carbonyl (C=O) groups excluding carboxylic acids is 4. The summed E-state index contributed by atoms with van der Waals surface area (Å²) >= 11 is 0. The Morgan fingerprint density at radius 2 is 1.69 bits per heavy atom. The van der Waals surface area contributed by atoms with Gasteiger partial charge in [0.15, 0.2) is 0 Å². The van der Waals surface area contributed by atoms with Gasteiger partial charge in [0.2, 0.25) is 17.7 Å². The lowest BCUT2D eigenvalue weighted by Crippen LogP contribution is -2.30. The average molecular weight is 491 g/mol. The Balaban J connectivity index is 1.24. The van der Waals surface area contributed by atoms with Crippen LogP contribution in [0.5, 0.6) is 11.5 Å². The van der Waals surface area contributed by atoms with Gasteiger partial charge in [0, 0.05) is 13.0 Å². The second-order valence-electron chi connectivity index (χ2n) is 9.86. The van der Waals surface area contributed by atoms with Gasteiger partial charge in [-0.25, -0.2) is 0 Å². The maximum atomic E-state index is 13.0. The summed E-state index contributed by atoms with van der Waals surface area (Å²) < 4.78 is 11.2. The monoisotopic (exact) mass is 490 g/mol. The van der Waals surface area contributed by atoms with E-state index in [1.165, 1.54) is 4.90 Å². The van der Waals surface area contributed by atoms with E-state index >= 15 is 0 Å². The van der Waals surface area contributed by atoms with Crippen LogP contribution in [0.2, 0.25) is 0 Å². The topological polar surface area (TPSA) is 93.2 Å². The Labute approximate surface area is 210 Å². The van der Waals surface area contributed by atoms with Gasteiger partial charge in [0.1, 0.15) is 11.5 Å². The molecule has 4 atom stereocenters. The number of imide groups is 1. The van der Waals surface area contributed by atoms with Crippen LogP contribution in [0.1, 0.15) is 39.5 Å². The number of esters is 1. The Bertz CT molecular complexity index is 1190. The highest BCUT2D eigenvalue weighted by molar-refractivity contribution is 6.22. The average Bonchev–Trinajstić information content (AvgIpc) is 3.37. The zero-order valence-corrected chi connectivity index (χ0v) is 20.5. The number of nitrogens with zero attached hydrogens (tertiary/aromatic N) is 2. The minimum atomic E-state index is -0.612. The van der Waals surface area contributed by atoms with E-state index in [1.807, 2.05) is 19.1 Å². The Kier molecular flexibility index (Phi) is 6.51. The molecule has 3 fully saturated rings. The van der Waals surface area contributed by atoms with Crippen LogP contribution < -0.4 is 19.3 Å². The molecule has 1 saturated carbocycles. The van der Waals surface area contributed by atoms with E-state index < -0.39 is 11.9 Å². The third-order valence-corrected chi connectivity index (χ3v) is 7.42. The second-order valence-corrected chi connectivity index (χ2v) is 9.86. The summed E-state index contributed by atoms with van der Waals surface area (Å²) in [7, 11) is 0. The van der Waals surface area contributed by atoms with Crippen molar-refractivity contribution in [3.63, 3.8) is 0 Å². The van der Waals surface area contributed by atoms with Crippen molar-refractivity contribution in [2.45, 2.75) is 39.5 Å². The van der Waals surface area contributed by atoms with Crippen molar-refractivity contribution in [2.75, 3.05) is 23.0 Å². The third-order valence-electron chi connectivity index (χ3n) is 7.42. The van der Waals surface area contributed by atoms with Crippen molar-refractivity contribution in [3.05, 3.63) is 48.5 Å². The molecule has 8 nitrogen and oxygen atoms in total. The first-order valence-electron chi connectivity index (χ1n) is 12.6. The molecule has 0 bridgehead atoms. The molecule has 2 aromatic carbocycles. The Morgan fingerprint density at radius 3 is 2.44 bits per heavy atom. The maximum absolute atomic E-state index is 13.0. The Morgan fingerprint density at radius 1 is 0.972 bits per heavy atom. The van der Waals surface area contributed by atoms with E-state index in [0.717, 1.165) is 19.3 Å². The minimum absolute atomic E-state index is 0.0509. The van der Waals surface area contributed by atoms with Crippen molar-refractivity contribution in [1.82, 2.24) is 0 Å². The zero-order chi connectivity index (χ0) is 25.4. The van der Waals surface area contributed by atoms with E-state index in [1.54, 1.807) is 41.3 Å². The SMILES string of the molecule is CCOc1ccccc1N1C[C@H](C(=O)Oc2ccc(N3C(=O)[C@@H]4CC[C@H](C)C[C@H]4C3=O)cc2)CC1=O. The van der Waals surface area contributed by atoms with Gasteiger partial charge in [0.25, 0.3) is 0 Å². The molecular weight excluding hydrogens is 460 g/mol. The summed E-state index contributed by atoms with van der Waals surface area (Å²) in [5, 5.41) is 0. The van der Waals surface area contributed by atoms with Crippen molar-refractivity contribution < 1.29 is 28.7 Å². The molecule has 2 aromatic rings. The fourth-order valence-corrected chi connectivity index (χ4v) is 5.56. The number of ether oxygens (including phenoxy) is 2. The summed E-state index contributed by atoms with van der Waals surface area (Å²) in [6, 6.07) is 13.7. The Hall–Kier alpha value is -3.68. The van der Waals surface area contributed by atoms with Gasteiger partial charge in [-0.3, -0.25) is 24.1 Å². The summed E-state index contributed by atoms with van der Waals surface area (Å²) in [5.41, 5.74) is 1.13. The van der Waals surface area contributed by atoms with Crippen LogP contribution in [0.25, 0.3) is 0 Å². The molecule has 5 rings (SSSR count).